The summed E-state index contributed by atoms with van der Waals surface area (Å²) in [4.78, 5) is 1.35. The molecule has 0 aromatic carbocycles. The van der Waals surface area contributed by atoms with E-state index in [2.05, 4.69) is 37.6 Å². The SMILES string of the molecule is Cc1cc(C(CSCC(C)C)NN)cs1. The van der Waals surface area contributed by atoms with Crippen LogP contribution in [0.4, 0.5) is 0 Å². The van der Waals surface area contributed by atoms with Gasteiger partial charge < -0.3 is 0 Å². The van der Waals surface area contributed by atoms with Crippen LogP contribution in [-0.2, 0) is 0 Å². The summed E-state index contributed by atoms with van der Waals surface area (Å²) in [5.41, 5.74) is 4.21. The van der Waals surface area contributed by atoms with Crippen molar-refractivity contribution in [3.63, 3.8) is 0 Å². The Bertz CT molecular complexity index is 284. The van der Waals surface area contributed by atoms with E-state index in [-0.39, 0.29) is 0 Å². The van der Waals surface area contributed by atoms with E-state index in [0.717, 1.165) is 11.7 Å². The molecular weight excluding hydrogens is 224 g/mol. The van der Waals surface area contributed by atoms with Gasteiger partial charge in [-0.25, -0.2) is 0 Å². The monoisotopic (exact) mass is 244 g/mol. The van der Waals surface area contributed by atoms with Crippen LogP contribution in [0.1, 0.15) is 30.3 Å². The average molecular weight is 244 g/mol. The molecule has 4 heteroatoms. The number of rotatable bonds is 6. The van der Waals surface area contributed by atoms with Crippen LogP contribution < -0.4 is 11.3 Å². The molecular formula is C11H20N2S2. The Morgan fingerprint density at radius 3 is 2.67 bits per heavy atom. The van der Waals surface area contributed by atoms with Gasteiger partial charge in [0.2, 0.25) is 0 Å². The smallest absolute Gasteiger partial charge is 0.0558 e. The van der Waals surface area contributed by atoms with Gasteiger partial charge in [-0.15, -0.1) is 11.3 Å². The molecule has 0 aliphatic rings. The van der Waals surface area contributed by atoms with Crippen LogP contribution in [-0.4, -0.2) is 11.5 Å². The lowest BCUT2D eigenvalue weighted by atomic mass is 10.2. The van der Waals surface area contributed by atoms with Gasteiger partial charge in [-0.2, -0.15) is 11.8 Å². The van der Waals surface area contributed by atoms with Gasteiger partial charge in [0.25, 0.3) is 0 Å². The van der Waals surface area contributed by atoms with Gasteiger partial charge in [0.1, 0.15) is 0 Å². The Labute approximate surface area is 101 Å². The van der Waals surface area contributed by atoms with E-state index >= 15 is 0 Å². The molecule has 0 bridgehead atoms. The summed E-state index contributed by atoms with van der Waals surface area (Å²) in [6.07, 6.45) is 0. The zero-order valence-electron chi connectivity index (χ0n) is 9.62. The number of nitrogens with one attached hydrogen (secondary N) is 1. The molecule has 1 unspecified atom stereocenters. The minimum absolute atomic E-state index is 0.290. The van der Waals surface area contributed by atoms with Crippen LogP contribution in [0.5, 0.6) is 0 Å². The zero-order chi connectivity index (χ0) is 11.3. The Balaban J connectivity index is 2.42. The summed E-state index contributed by atoms with van der Waals surface area (Å²) in [5.74, 6) is 8.56. The van der Waals surface area contributed by atoms with Gasteiger partial charge in [0.15, 0.2) is 0 Å². The lowest BCUT2D eigenvalue weighted by Crippen LogP contribution is -2.29. The van der Waals surface area contributed by atoms with Crippen LogP contribution in [0.15, 0.2) is 11.4 Å². The van der Waals surface area contributed by atoms with E-state index < -0.39 is 0 Å². The number of aryl methyl sites for hydroxylation is 1. The highest BCUT2D eigenvalue weighted by Gasteiger charge is 2.11. The lowest BCUT2D eigenvalue weighted by molar-refractivity contribution is 0.611. The molecule has 0 amide bonds. The summed E-state index contributed by atoms with van der Waals surface area (Å²) in [7, 11) is 0. The van der Waals surface area contributed by atoms with Crippen molar-refractivity contribution in [2.45, 2.75) is 26.8 Å². The molecule has 1 rings (SSSR count). The number of hydrogen-bond acceptors (Lipinski definition) is 4. The second-order valence-corrected chi connectivity index (χ2v) is 6.33. The van der Waals surface area contributed by atoms with Gasteiger partial charge in [-0.1, -0.05) is 13.8 Å². The van der Waals surface area contributed by atoms with Crippen molar-refractivity contribution in [3.05, 3.63) is 21.9 Å². The van der Waals surface area contributed by atoms with Crippen molar-refractivity contribution in [3.8, 4) is 0 Å². The van der Waals surface area contributed by atoms with Gasteiger partial charge in [0.05, 0.1) is 6.04 Å². The number of nitrogens with two attached hydrogens (primary N) is 1. The molecule has 86 valence electrons. The molecule has 0 saturated carbocycles. The van der Waals surface area contributed by atoms with Crippen molar-refractivity contribution in [1.82, 2.24) is 5.43 Å². The summed E-state index contributed by atoms with van der Waals surface area (Å²) < 4.78 is 0. The molecule has 15 heavy (non-hydrogen) atoms. The minimum atomic E-state index is 0.290. The standard InChI is InChI=1S/C11H20N2S2/c1-8(2)5-14-7-11(13-12)10-4-9(3)15-6-10/h4,6,8,11,13H,5,7,12H2,1-3H3. The van der Waals surface area contributed by atoms with Gasteiger partial charge in [-0.05, 0) is 35.6 Å². The number of thioether (sulfide) groups is 1. The molecule has 1 aromatic heterocycles. The zero-order valence-corrected chi connectivity index (χ0v) is 11.3. The van der Waals surface area contributed by atoms with Crippen molar-refractivity contribution in [1.29, 1.82) is 0 Å². The van der Waals surface area contributed by atoms with E-state index in [9.17, 15) is 0 Å². The van der Waals surface area contributed by atoms with Crippen LogP contribution >= 0.6 is 23.1 Å². The fourth-order valence-corrected chi connectivity index (χ4v) is 3.20. The molecule has 1 atom stereocenters. The van der Waals surface area contributed by atoms with E-state index in [4.69, 9.17) is 5.84 Å². The Kier molecular flexibility index (Phi) is 5.68. The molecule has 3 N–H and O–H groups in total. The maximum Gasteiger partial charge on any atom is 0.0558 e. The Morgan fingerprint density at radius 1 is 1.47 bits per heavy atom. The van der Waals surface area contributed by atoms with Crippen molar-refractivity contribution in [2.75, 3.05) is 11.5 Å². The Hall–Kier alpha value is -0.0300. The van der Waals surface area contributed by atoms with E-state index in [1.165, 1.54) is 16.2 Å². The molecule has 1 heterocycles. The number of hydrogen-bond donors (Lipinski definition) is 2. The van der Waals surface area contributed by atoms with Crippen LogP contribution in [0.2, 0.25) is 0 Å². The summed E-state index contributed by atoms with van der Waals surface area (Å²) in [5, 5.41) is 2.19. The first-order valence-corrected chi connectivity index (χ1v) is 7.25. The van der Waals surface area contributed by atoms with Gasteiger partial charge in [-0.3, -0.25) is 11.3 Å². The summed E-state index contributed by atoms with van der Waals surface area (Å²) >= 11 is 3.74. The van der Waals surface area contributed by atoms with Crippen molar-refractivity contribution >= 4 is 23.1 Å². The normalized spacial score (nSPS) is 13.4. The molecule has 1 aromatic rings. The van der Waals surface area contributed by atoms with Crippen LogP contribution in [0.3, 0.4) is 0 Å². The molecule has 0 radical (unpaired) electrons. The van der Waals surface area contributed by atoms with Crippen LogP contribution in [0, 0.1) is 12.8 Å². The minimum Gasteiger partial charge on any atom is -0.271 e. The van der Waals surface area contributed by atoms with E-state index in [0.29, 0.717) is 6.04 Å². The fraction of sp³-hybridized carbons (Fsp3) is 0.636. The lowest BCUT2D eigenvalue weighted by Gasteiger charge is -2.14. The average Bonchev–Trinajstić information content (AvgIpc) is 2.59. The maximum atomic E-state index is 5.57. The predicted octanol–water partition coefficient (Wildman–Crippen LogP) is 2.95. The third-order valence-corrected chi connectivity index (χ3v) is 4.44. The highest BCUT2D eigenvalue weighted by Crippen LogP contribution is 2.23. The summed E-state index contributed by atoms with van der Waals surface area (Å²) in [6.45, 7) is 6.61. The molecule has 0 saturated heterocycles. The largest absolute Gasteiger partial charge is 0.271 e. The number of thiophene rings is 1. The molecule has 0 aliphatic carbocycles. The second-order valence-electron chi connectivity index (χ2n) is 4.14. The van der Waals surface area contributed by atoms with Crippen molar-refractivity contribution in [2.24, 2.45) is 11.8 Å². The third kappa shape index (κ3) is 4.55. The quantitative estimate of drug-likeness (QED) is 0.597. The second kappa shape index (κ2) is 6.53. The summed E-state index contributed by atoms with van der Waals surface area (Å²) in [6, 6.07) is 2.50. The number of hydrazine groups is 1. The molecule has 2 nitrogen and oxygen atoms in total. The highest BCUT2D eigenvalue weighted by atomic mass is 32.2. The first-order valence-electron chi connectivity index (χ1n) is 5.22. The predicted molar refractivity (Wildman–Crippen MR) is 71.3 cm³/mol. The van der Waals surface area contributed by atoms with E-state index in [1.807, 2.05) is 11.8 Å². The Morgan fingerprint density at radius 2 is 2.20 bits per heavy atom. The van der Waals surface area contributed by atoms with Crippen molar-refractivity contribution < 1.29 is 0 Å². The fourth-order valence-electron chi connectivity index (χ4n) is 1.31. The highest BCUT2D eigenvalue weighted by molar-refractivity contribution is 7.99. The molecule has 0 fully saturated rings. The molecule has 0 spiro atoms. The van der Waals surface area contributed by atoms with E-state index in [1.54, 1.807) is 11.3 Å². The first-order chi connectivity index (χ1) is 7.13. The van der Waals surface area contributed by atoms with Crippen LogP contribution in [0.25, 0.3) is 0 Å². The maximum absolute atomic E-state index is 5.57. The van der Waals surface area contributed by atoms with Gasteiger partial charge in [0, 0.05) is 10.6 Å². The van der Waals surface area contributed by atoms with Gasteiger partial charge >= 0.3 is 0 Å². The topological polar surface area (TPSA) is 38.0 Å². The third-order valence-electron chi connectivity index (χ3n) is 2.09. The first kappa shape index (κ1) is 13.0. The molecule has 0 aliphatic heterocycles.